The molecule has 0 bridgehead atoms. The van der Waals surface area contributed by atoms with E-state index in [1.807, 2.05) is 13.8 Å². The summed E-state index contributed by atoms with van der Waals surface area (Å²) in [7, 11) is 1.63. The van der Waals surface area contributed by atoms with Crippen LogP contribution >= 0.6 is 11.3 Å². The third-order valence-electron chi connectivity index (χ3n) is 3.89. The molecule has 2 rings (SSSR count). The zero-order chi connectivity index (χ0) is 18.6. The Kier molecular flexibility index (Phi) is 6.30. The highest BCUT2D eigenvalue weighted by molar-refractivity contribution is 7.20. The molecule has 0 aromatic carbocycles. The molecule has 0 saturated heterocycles. The first kappa shape index (κ1) is 19.1. The summed E-state index contributed by atoms with van der Waals surface area (Å²) in [6.07, 6.45) is 3.05. The van der Waals surface area contributed by atoms with Crippen LogP contribution in [0.4, 0.5) is 0 Å². The Morgan fingerprint density at radius 1 is 1.32 bits per heavy atom. The fourth-order valence-corrected chi connectivity index (χ4v) is 3.68. The fraction of sp³-hybridized carbons (Fsp3) is 0.529. The molecule has 2 aromatic rings. The zero-order valence-corrected chi connectivity index (χ0v) is 15.9. The molecule has 2 heterocycles. The van der Waals surface area contributed by atoms with Gasteiger partial charge in [-0.1, -0.05) is 13.8 Å². The predicted octanol–water partition coefficient (Wildman–Crippen LogP) is 1.68. The number of rotatable bonds is 7. The molecule has 136 valence electrons. The molecule has 0 atom stereocenters. The van der Waals surface area contributed by atoms with Gasteiger partial charge in [-0.25, -0.2) is 4.98 Å². The molecule has 25 heavy (non-hydrogen) atoms. The third kappa shape index (κ3) is 4.07. The number of fused-ring (bicyclic) bond motifs is 1. The van der Waals surface area contributed by atoms with Gasteiger partial charge in [0.05, 0.1) is 23.1 Å². The maximum atomic E-state index is 13.0. The Hall–Kier alpha value is -2.22. The second kappa shape index (κ2) is 8.24. The monoisotopic (exact) mass is 364 g/mol. The van der Waals surface area contributed by atoms with Crippen molar-refractivity contribution in [3.8, 4) is 0 Å². The van der Waals surface area contributed by atoms with Crippen molar-refractivity contribution in [3.05, 3.63) is 27.1 Å². The molecule has 0 fully saturated rings. The molecule has 2 aromatic heterocycles. The van der Waals surface area contributed by atoms with E-state index in [9.17, 15) is 14.4 Å². The van der Waals surface area contributed by atoms with Gasteiger partial charge < -0.3 is 14.8 Å². The van der Waals surface area contributed by atoms with E-state index in [1.165, 1.54) is 27.1 Å². The van der Waals surface area contributed by atoms with E-state index in [-0.39, 0.29) is 23.9 Å². The van der Waals surface area contributed by atoms with Gasteiger partial charge in [0, 0.05) is 20.1 Å². The SMILES string of the molecule is CCCNC(=O)CN(CCC)C(=O)c1sc2ncn(C)c(=O)c2c1C. The molecule has 0 aliphatic rings. The Morgan fingerprint density at radius 3 is 2.68 bits per heavy atom. The zero-order valence-electron chi connectivity index (χ0n) is 15.1. The van der Waals surface area contributed by atoms with E-state index in [2.05, 4.69) is 10.3 Å². The van der Waals surface area contributed by atoms with E-state index in [4.69, 9.17) is 0 Å². The first-order chi connectivity index (χ1) is 11.9. The van der Waals surface area contributed by atoms with Crippen LogP contribution in [0.5, 0.6) is 0 Å². The van der Waals surface area contributed by atoms with Gasteiger partial charge in [-0.3, -0.25) is 14.4 Å². The van der Waals surface area contributed by atoms with Crippen LogP contribution in [-0.4, -0.2) is 45.9 Å². The molecular formula is C17H24N4O3S. The van der Waals surface area contributed by atoms with Crippen LogP contribution in [0.2, 0.25) is 0 Å². The number of aryl methyl sites for hydroxylation is 2. The molecular weight excluding hydrogens is 340 g/mol. The van der Waals surface area contributed by atoms with E-state index in [0.717, 1.165) is 12.8 Å². The van der Waals surface area contributed by atoms with Crippen LogP contribution in [0.1, 0.15) is 41.9 Å². The highest BCUT2D eigenvalue weighted by Crippen LogP contribution is 2.27. The van der Waals surface area contributed by atoms with Crippen LogP contribution in [0.25, 0.3) is 10.2 Å². The quantitative estimate of drug-likeness (QED) is 0.810. The smallest absolute Gasteiger partial charge is 0.264 e. The Balaban J connectivity index is 2.34. The first-order valence-corrected chi connectivity index (χ1v) is 9.23. The number of carbonyl (C=O) groups excluding carboxylic acids is 2. The summed E-state index contributed by atoms with van der Waals surface area (Å²) in [5.41, 5.74) is 0.467. The number of nitrogens with one attached hydrogen (secondary N) is 1. The van der Waals surface area contributed by atoms with E-state index in [1.54, 1.807) is 14.0 Å². The van der Waals surface area contributed by atoms with Crippen molar-refractivity contribution in [2.75, 3.05) is 19.6 Å². The summed E-state index contributed by atoms with van der Waals surface area (Å²) in [5, 5.41) is 3.27. The van der Waals surface area contributed by atoms with E-state index < -0.39 is 0 Å². The van der Waals surface area contributed by atoms with Crippen molar-refractivity contribution in [1.29, 1.82) is 0 Å². The van der Waals surface area contributed by atoms with Gasteiger partial charge >= 0.3 is 0 Å². The van der Waals surface area contributed by atoms with Gasteiger partial charge in [-0.2, -0.15) is 0 Å². The summed E-state index contributed by atoms with van der Waals surface area (Å²) in [6.45, 7) is 6.79. The fourth-order valence-electron chi connectivity index (χ4n) is 2.57. The summed E-state index contributed by atoms with van der Waals surface area (Å²) in [5.74, 6) is -0.396. The average molecular weight is 364 g/mol. The maximum Gasteiger partial charge on any atom is 0.264 e. The van der Waals surface area contributed by atoms with Crippen LogP contribution < -0.4 is 10.9 Å². The molecule has 8 heteroatoms. The minimum atomic E-state index is -0.226. The van der Waals surface area contributed by atoms with Crippen molar-refractivity contribution >= 4 is 33.4 Å². The minimum absolute atomic E-state index is 0.0196. The predicted molar refractivity (Wildman–Crippen MR) is 99.1 cm³/mol. The van der Waals surface area contributed by atoms with Crippen molar-refractivity contribution in [1.82, 2.24) is 19.8 Å². The molecule has 2 amide bonds. The number of thiophene rings is 1. The minimum Gasteiger partial charge on any atom is -0.355 e. The maximum absolute atomic E-state index is 13.0. The highest BCUT2D eigenvalue weighted by atomic mass is 32.1. The Labute approximate surface area is 150 Å². The average Bonchev–Trinajstić information content (AvgIpc) is 2.92. The van der Waals surface area contributed by atoms with Gasteiger partial charge in [-0.15, -0.1) is 11.3 Å². The normalized spacial score (nSPS) is 10.9. The molecule has 0 aliphatic carbocycles. The lowest BCUT2D eigenvalue weighted by Gasteiger charge is -2.21. The number of amides is 2. The molecule has 0 spiro atoms. The molecule has 0 radical (unpaired) electrons. The number of aromatic nitrogens is 2. The van der Waals surface area contributed by atoms with Crippen molar-refractivity contribution in [2.45, 2.75) is 33.6 Å². The molecule has 7 nitrogen and oxygen atoms in total. The molecule has 0 unspecified atom stereocenters. The summed E-state index contributed by atoms with van der Waals surface area (Å²) >= 11 is 1.21. The van der Waals surface area contributed by atoms with Gasteiger partial charge in [0.1, 0.15) is 4.83 Å². The Morgan fingerprint density at radius 2 is 2.04 bits per heavy atom. The van der Waals surface area contributed by atoms with Crippen LogP contribution in [0.15, 0.2) is 11.1 Å². The second-order valence-electron chi connectivity index (χ2n) is 5.97. The summed E-state index contributed by atoms with van der Waals surface area (Å²) < 4.78 is 1.40. The van der Waals surface area contributed by atoms with Crippen LogP contribution in [-0.2, 0) is 11.8 Å². The summed E-state index contributed by atoms with van der Waals surface area (Å²) in [4.78, 5) is 44.1. The number of hydrogen-bond acceptors (Lipinski definition) is 5. The molecule has 1 N–H and O–H groups in total. The summed E-state index contributed by atoms with van der Waals surface area (Å²) in [6, 6.07) is 0. The van der Waals surface area contributed by atoms with Gasteiger partial charge in [0.25, 0.3) is 11.5 Å². The highest BCUT2D eigenvalue weighted by Gasteiger charge is 2.24. The van der Waals surface area contributed by atoms with Gasteiger partial charge in [0.2, 0.25) is 5.91 Å². The lowest BCUT2D eigenvalue weighted by Crippen LogP contribution is -2.41. The van der Waals surface area contributed by atoms with Crippen LogP contribution in [0.3, 0.4) is 0 Å². The third-order valence-corrected chi connectivity index (χ3v) is 5.08. The Bertz CT molecular complexity index is 840. The van der Waals surface area contributed by atoms with Crippen molar-refractivity contribution < 1.29 is 9.59 Å². The number of carbonyl (C=O) groups is 2. The van der Waals surface area contributed by atoms with Crippen LogP contribution in [0, 0.1) is 6.92 Å². The van der Waals surface area contributed by atoms with Crippen molar-refractivity contribution in [3.63, 3.8) is 0 Å². The number of nitrogens with zero attached hydrogens (tertiary/aromatic N) is 3. The van der Waals surface area contributed by atoms with Gasteiger partial charge in [0.15, 0.2) is 0 Å². The van der Waals surface area contributed by atoms with Gasteiger partial charge in [-0.05, 0) is 25.3 Å². The first-order valence-electron chi connectivity index (χ1n) is 8.41. The topological polar surface area (TPSA) is 84.3 Å². The number of hydrogen-bond donors (Lipinski definition) is 1. The largest absolute Gasteiger partial charge is 0.355 e. The van der Waals surface area contributed by atoms with E-state index >= 15 is 0 Å². The second-order valence-corrected chi connectivity index (χ2v) is 6.97. The molecule has 0 saturated carbocycles. The standard InChI is InChI=1S/C17H24N4O3S/c1-5-7-18-12(22)9-21(8-6-2)17(24)14-11(3)13-15(25-14)19-10-20(4)16(13)23/h10H,5-9H2,1-4H3,(H,18,22). The lowest BCUT2D eigenvalue weighted by molar-refractivity contribution is -0.121. The molecule has 0 aliphatic heterocycles. The van der Waals surface area contributed by atoms with E-state index in [0.29, 0.717) is 33.7 Å². The lowest BCUT2D eigenvalue weighted by atomic mass is 10.2. The van der Waals surface area contributed by atoms with Crippen molar-refractivity contribution in [2.24, 2.45) is 7.05 Å².